The molecule has 4 heterocycles. The predicted octanol–water partition coefficient (Wildman–Crippen LogP) is 3.21. The highest BCUT2D eigenvalue weighted by atomic mass is 32.2. The first-order valence-electron chi connectivity index (χ1n) is 10.1. The maximum Gasteiger partial charge on any atom is 0.266 e. The van der Waals surface area contributed by atoms with Crippen LogP contribution in [0.15, 0.2) is 47.1 Å². The molecule has 0 spiro atoms. The molecular weight excluding hydrogens is 497 g/mol. The molecule has 4 aromatic heterocycles. The Morgan fingerprint density at radius 1 is 1.26 bits per heavy atom. The molecule has 0 aliphatic carbocycles. The van der Waals surface area contributed by atoms with Crippen molar-refractivity contribution in [2.75, 3.05) is 11.6 Å². The Kier molecular flexibility index (Phi) is 6.60. The summed E-state index contributed by atoms with van der Waals surface area (Å²) in [5.41, 5.74) is 3.06. The van der Waals surface area contributed by atoms with E-state index < -0.39 is 22.0 Å². The molecule has 5 rings (SSSR count). The van der Waals surface area contributed by atoms with Crippen molar-refractivity contribution in [2.24, 2.45) is 0 Å². The van der Waals surface area contributed by atoms with Gasteiger partial charge in [0, 0.05) is 11.1 Å². The smallest absolute Gasteiger partial charge is 0.266 e. The molecule has 182 valence electrons. The highest BCUT2D eigenvalue weighted by molar-refractivity contribution is 7.85. The van der Waals surface area contributed by atoms with Gasteiger partial charge in [0.05, 0.1) is 29.9 Å². The molecule has 1 aromatic carbocycles. The number of aryl methyl sites for hydroxylation is 1. The van der Waals surface area contributed by atoms with Gasteiger partial charge < -0.3 is 10.3 Å². The number of H-pyrrole nitrogens is 1. The Hall–Kier alpha value is -3.75. The summed E-state index contributed by atoms with van der Waals surface area (Å²) in [6.07, 6.45) is 3.68. The van der Waals surface area contributed by atoms with Gasteiger partial charge in [-0.15, -0.1) is 11.3 Å². The molecule has 1 unspecified atom stereocenters. The van der Waals surface area contributed by atoms with Gasteiger partial charge >= 0.3 is 0 Å². The van der Waals surface area contributed by atoms with Crippen molar-refractivity contribution in [2.45, 2.75) is 19.9 Å². The number of aromatic amines is 1. The number of hydrogen-bond donors (Lipinski definition) is 3. The number of rotatable bonds is 4. The number of fused-ring (bicyclic) bond motifs is 2. The summed E-state index contributed by atoms with van der Waals surface area (Å²) in [5, 5.41) is 5.15. The lowest BCUT2D eigenvalue weighted by Gasteiger charge is -2.18. The van der Waals surface area contributed by atoms with Crippen molar-refractivity contribution in [3.8, 4) is 11.1 Å². The highest BCUT2D eigenvalue weighted by Crippen LogP contribution is 2.29. The van der Waals surface area contributed by atoms with Crippen LogP contribution in [0.5, 0.6) is 0 Å². The first kappa shape index (κ1) is 24.4. The molecule has 0 aliphatic rings. The van der Waals surface area contributed by atoms with E-state index in [-0.39, 0.29) is 5.56 Å². The Morgan fingerprint density at radius 2 is 2.00 bits per heavy atom. The van der Waals surface area contributed by atoms with E-state index in [4.69, 9.17) is 9.54 Å². The van der Waals surface area contributed by atoms with Crippen LogP contribution in [0.4, 0.5) is 10.2 Å². The largest absolute Gasteiger partial charge is 0.360 e. The molecule has 0 saturated carbocycles. The molecule has 0 aliphatic heterocycles. The lowest BCUT2D eigenvalue weighted by atomic mass is 10.0. The molecule has 35 heavy (non-hydrogen) atoms. The zero-order valence-corrected chi connectivity index (χ0v) is 20.4. The number of benzene rings is 1. The van der Waals surface area contributed by atoms with Crippen LogP contribution in [0.1, 0.15) is 24.4 Å². The van der Waals surface area contributed by atoms with Gasteiger partial charge in [0.15, 0.2) is 16.4 Å². The second kappa shape index (κ2) is 9.48. The summed E-state index contributed by atoms with van der Waals surface area (Å²) in [6, 6.07) is 5.58. The quantitative estimate of drug-likeness (QED) is 0.305. The summed E-state index contributed by atoms with van der Waals surface area (Å²) >= 11 is 1.38. The maximum atomic E-state index is 14.0. The van der Waals surface area contributed by atoms with Crippen LogP contribution in [0.25, 0.3) is 27.3 Å². The number of thiazole rings is 1. The van der Waals surface area contributed by atoms with Gasteiger partial charge in [0.25, 0.3) is 15.7 Å². The summed E-state index contributed by atoms with van der Waals surface area (Å²) < 4.78 is 41.4. The SMILES string of the molecule is CS(=O)(=O)O.Cc1csc2nc(C(C)Nc3ncnc4[nH]cnc34)c(-c3cccc(F)c3)c(=O)n12. The van der Waals surface area contributed by atoms with Gasteiger partial charge in [-0.2, -0.15) is 8.42 Å². The van der Waals surface area contributed by atoms with E-state index in [9.17, 15) is 17.6 Å². The van der Waals surface area contributed by atoms with E-state index in [0.29, 0.717) is 45.0 Å². The Balaban J connectivity index is 0.000000527. The van der Waals surface area contributed by atoms with Crippen LogP contribution >= 0.6 is 11.3 Å². The van der Waals surface area contributed by atoms with Crippen LogP contribution in [-0.4, -0.2) is 48.5 Å². The van der Waals surface area contributed by atoms with Gasteiger partial charge in [-0.3, -0.25) is 13.7 Å². The van der Waals surface area contributed by atoms with Crippen LogP contribution < -0.4 is 10.9 Å². The number of nitrogens with zero attached hydrogens (tertiary/aromatic N) is 5. The van der Waals surface area contributed by atoms with Crippen LogP contribution in [0, 0.1) is 12.7 Å². The van der Waals surface area contributed by atoms with E-state index in [1.807, 2.05) is 19.2 Å². The third-order valence-electron chi connectivity index (χ3n) is 4.86. The van der Waals surface area contributed by atoms with Gasteiger partial charge in [0.1, 0.15) is 17.7 Å². The van der Waals surface area contributed by atoms with E-state index >= 15 is 0 Å². The van der Waals surface area contributed by atoms with Gasteiger partial charge in [-0.1, -0.05) is 12.1 Å². The van der Waals surface area contributed by atoms with Crippen molar-refractivity contribution in [3.63, 3.8) is 0 Å². The fraction of sp³-hybridized carbons (Fsp3) is 0.190. The fourth-order valence-corrected chi connectivity index (χ4v) is 4.34. The lowest BCUT2D eigenvalue weighted by Crippen LogP contribution is -2.23. The molecule has 0 fully saturated rings. The Morgan fingerprint density at radius 3 is 2.71 bits per heavy atom. The zero-order chi connectivity index (χ0) is 25.3. The third-order valence-corrected chi connectivity index (χ3v) is 5.81. The average Bonchev–Trinajstić information content (AvgIpc) is 3.40. The lowest BCUT2D eigenvalue weighted by molar-refractivity contribution is 0.490. The Bertz CT molecular complexity index is 1690. The van der Waals surface area contributed by atoms with Crippen molar-refractivity contribution in [1.82, 2.24) is 29.3 Å². The second-order valence-electron chi connectivity index (χ2n) is 7.60. The molecule has 11 nitrogen and oxygen atoms in total. The van der Waals surface area contributed by atoms with E-state index in [1.54, 1.807) is 22.9 Å². The molecule has 0 saturated heterocycles. The number of nitrogens with one attached hydrogen (secondary N) is 2. The van der Waals surface area contributed by atoms with Crippen LogP contribution in [0.2, 0.25) is 0 Å². The van der Waals surface area contributed by atoms with Crippen LogP contribution in [-0.2, 0) is 10.1 Å². The number of hydrogen-bond acceptors (Lipinski definition) is 9. The maximum absolute atomic E-state index is 14.0. The summed E-state index contributed by atoms with van der Waals surface area (Å²) in [6.45, 7) is 3.72. The summed E-state index contributed by atoms with van der Waals surface area (Å²) in [5.74, 6) is 0.0999. The standard InChI is InChI=1S/C20H16FN7OS.CH4O3S/c1-10-7-30-20-27-15(11(2)26-18-16-17(23-8-22-16)24-9-25-18)14(19(29)28(10)20)12-4-3-5-13(21)6-12;1-5(2,3)4/h3-9,11H,1-2H3,(H2,22,23,24,25,26);1H3,(H,2,3,4). The molecule has 0 amide bonds. The topological polar surface area (TPSA) is 155 Å². The number of halogens is 1. The van der Waals surface area contributed by atoms with Gasteiger partial charge in [0.2, 0.25) is 0 Å². The summed E-state index contributed by atoms with van der Waals surface area (Å²) in [7, 11) is -3.67. The fourth-order valence-electron chi connectivity index (χ4n) is 3.47. The number of aromatic nitrogens is 6. The number of anilines is 1. The highest BCUT2D eigenvalue weighted by Gasteiger charge is 2.22. The van der Waals surface area contributed by atoms with Crippen molar-refractivity contribution in [1.29, 1.82) is 0 Å². The van der Waals surface area contributed by atoms with Crippen molar-refractivity contribution in [3.05, 3.63) is 69.9 Å². The molecule has 0 radical (unpaired) electrons. The van der Waals surface area contributed by atoms with Gasteiger partial charge in [-0.25, -0.2) is 24.3 Å². The molecular formula is C21H20FN7O4S2. The van der Waals surface area contributed by atoms with Crippen molar-refractivity contribution >= 4 is 43.4 Å². The molecule has 1 atom stereocenters. The second-order valence-corrected chi connectivity index (χ2v) is 9.91. The summed E-state index contributed by atoms with van der Waals surface area (Å²) in [4.78, 5) is 34.3. The third kappa shape index (κ3) is 5.34. The molecule has 14 heteroatoms. The molecule has 3 N–H and O–H groups in total. The zero-order valence-electron chi connectivity index (χ0n) is 18.7. The first-order valence-corrected chi connectivity index (χ1v) is 12.9. The Labute approximate surface area is 202 Å². The minimum Gasteiger partial charge on any atom is -0.360 e. The first-order chi connectivity index (χ1) is 16.5. The van der Waals surface area contributed by atoms with E-state index in [0.717, 1.165) is 5.69 Å². The monoisotopic (exact) mass is 517 g/mol. The molecule has 5 aromatic rings. The predicted molar refractivity (Wildman–Crippen MR) is 131 cm³/mol. The van der Waals surface area contributed by atoms with E-state index in [1.165, 1.54) is 29.8 Å². The number of imidazole rings is 1. The van der Waals surface area contributed by atoms with E-state index in [2.05, 4.69) is 25.3 Å². The minimum absolute atomic E-state index is 0.236. The van der Waals surface area contributed by atoms with Crippen molar-refractivity contribution < 1.29 is 17.4 Å². The minimum atomic E-state index is -3.67. The van der Waals surface area contributed by atoms with Crippen LogP contribution in [0.3, 0.4) is 0 Å². The van der Waals surface area contributed by atoms with Gasteiger partial charge in [-0.05, 0) is 31.5 Å². The average molecular weight is 518 g/mol. The normalized spacial score (nSPS) is 12.4. The molecule has 0 bridgehead atoms.